The minimum atomic E-state index is 0.115. The predicted octanol–water partition coefficient (Wildman–Crippen LogP) is 1.16. The van der Waals surface area contributed by atoms with Crippen molar-refractivity contribution in [3.8, 4) is 0 Å². The van der Waals surface area contributed by atoms with Gasteiger partial charge in [-0.05, 0) is 24.5 Å². The minimum Gasteiger partial charge on any atom is -0.361 e. The first-order valence-electron chi connectivity index (χ1n) is 7.53. The highest BCUT2D eigenvalue weighted by Gasteiger charge is 2.05. The minimum absolute atomic E-state index is 0.115. The largest absolute Gasteiger partial charge is 0.361 e. The van der Waals surface area contributed by atoms with E-state index in [-0.39, 0.29) is 5.91 Å². The van der Waals surface area contributed by atoms with Crippen LogP contribution in [0.2, 0.25) is 0 Å². The molecule has 0 bridgehead atoms. The van der Waals surface area contributed by atoms with Crippen molar-refractivity contribution in [2.24, 2.45) is 5.73 Å². The molecule has 5 N–H and O–H groups in total. The fraction of sp³-hybridized carbons (Fsp3) is 0.438. The van der Waals surface area contributed by atoms with Crippen LogP contribution in [-0.4, -0.2) is 37.1 Å². The Kier molecular flexibility index (Phi) is 6.24. The van der Waals surface area contributed by atoms with E-state index in [0.29, 0.717) is 19.5 Å². The number of aromatic amines is 1. The first-order valence-corrected chi connectivity index (χ1v) is 7.53. The van der Waals surface area contributed by atoms with E-state index in [2.05, 4.69) is 27.8 Å². The molecule has 2 aromatic rings. The Morgan fingerprint density at radius 3 is 2.90 bits per heavy atom. The van der Waals surface area contributed by atoms with Gasteiger partial charge in [-0.1, -0.05) is 18.2 Å². The molecule has 0 unspecified atom stereocenters. The number of hydrogen-bond acceptors (Lipinski definition) is 3. The number of aryl methyl sites for hydroxylation is 1. The maximum Gasteiger partial charge on any atom is 0.220 e. The summed E-state index contributed by atoms with van der Waals surface area (Å²) in [5.41, 5.74) is 7.81. The van der Waals surface area contributed by atoms with Crippen LogP contribution in [0.1, 0.15) is 18.4 Å². The lowest BCUT2D eigenvalue weighted by Crippen LogP contribution is -2.33. The molecule has 0 spiro atoms. The Bertz CT molecular complexity index is 564. The molecular weight excluding hydrogens is 264 g/mol. The van der Waals surface area contributed by atoms with E-state index in [0.717, 1.165) is 31.4 Å². The second kappa shape index (κ2) is 8.44. The Hall–Kier alpha value is -1.85. The van der Waals surface area contributed by atoms with Crippen molar-refractivity contribution in [2.45, 2.75) is 19.3 Å². The molecule has 0 aliphatic rings. The summed E-state index contributed by atoms with van der Waals surface area (Å²) in [5, 5.41) is 7.31. The molecular formula is C16H24N4O. The number of hydrogen-bond donors (Lipinski definition) is 4. The zero-order valence-corrected chi connectivity index (χ0v) is 12.3. The highest BCUT2D eigenvalue weighted by molar-refractivity contribution is 5.83. The average molecular weight is 288 g/mol. The number of para-hydroxylation sites is 1. The number of aromatic nitrogens is 1. The molecule has 0 fully saturated rings. The SMILES string of the molecule is NCCNCCNC(=O)CCCc1c[nH]c2ccccc12. The zero-order chi connectivity index (χ0) is 14.9. The molecule has 0 aliphatic heterocycles. The molecule has 2 rings (SSSR count). The summed E-state index contributed by atoms with van der Waals surface area (Å²) < 4.78 is 0. The van der Waals surface area contributed by atoms with Gasteiger partial charge in [-0.25, -0.2) is 0 Å². The van der Waals surface area contributed by atoms with E-state index in [1.54, 1.807) is 0 Å². The van der Waals surface area contributed by atoms with Crippen LogP contribution in [-0.2, 0) is 11.2 Å². The van der Waals surface area contributed by atoms with Gasteiger partial charge in [0.15, 0.2) is 0 Å². The third-order valence-corrected chi connectivity index (χ3v) is 3.47. The molecule has 5 nitrogen and oxygen atoms in total. The molecule has 21 heavy (non-hydrogen) atoms. The Morgan fingerprint density at radius 1 is 1.19 bits per heavy atom. The van der Waals surface area contributed by atoms with E-state index >= 15 is 0 Å². The summed E-state index contributed by atoms with van der Waals surface area (Å²) in [6.45, 7) is 2.84. The zero-order valence-electron chi connectivity index (χ0n) is 12.3. The number of H-pyrrole nitrogens is 1. The number of carbonyl (C=O) groups excluding carboxylic acids is 1. The van der Waals surface area contributed by atoms with Crippen LogP contribution in [0.25, 0.3) is 10.9 Å². The van der Waals surface area contributed by atoms with Crippen molar-refractivity contribution in [2.75, 3.05) is 26.2 Å². The van der Waals surface area contributed by atoms with Gasteiger partial charge in [0.1, 0.15) is 0 Å². The highest BCUT2D eigenvalue weighted by Crippen LogP contribution is 2.19. The van der Waals surface area contributed by atoms with E-state index in [1.807, 2.05) is 18.3 Å². The van der Waals surface area contributed by atoms with Crippen LogP contribution in [0.5, 0.6) is 0 Å². The fourth-order valence-corrected chi connectivity index (χ4v) is 2.38. The Balaban J connectivity index is 1.66. The van der Waals surface area contributed by atoms with Crippen LogP contribution >= 0.6 is 0 Å². The molecule has 0 saturated carbocycles. The summed E-state index contributed by atoms with van der Waals surface area (Å²) in [7, 11) is 0. The second-order valence-electron chi connectivity index (χ2n) is 5.10. The molecule has 1 amide bonds. The van der Waals surface area contributed by atoms with Gasteiger partial charge in [-0.3, -0.25) is 4.79 Å². The van der Waals surface area contributed by atoms with E-state index in [9.17, 15) is 4.79 Å². The van der Waals surface area contributed by atoms with Crippen LogP contribution in [0.4, 0.5) is 0 Å². The second-order valence-corrected chi connectivity index (χ2v) is 5.10. The van der Waals surface area contributed by atoms with Crippen LogP contribution in [0.15, 0.2) is 30.5 Å². The lowest BCUT2D eigenvalue weighted by atomic mass is 10.1. The lowest BCUT2D eigenvalue weighted by Gasteiger charge is -2.06. The van der Waals surface area contributed by atoms with Crippen LogP contribution in [0, 0.1) is 0 Å². The van der Waals surface area contributed by atoms with Gasteiger partial charge in [0.05, 0.1) is 0 Å². The number of rotatable bonds is 9. The molecule has 114 valence electrons. The summed E-state index contributed by atoms with van der Waals surface area (Å²) in [5.74, 6) is 0.115. The number of benzene rings is 1. The molecule has 0 aliphatic carbocycles. The third-order valence-electron chi connectivity index (χ3n) is 3.47. The highest BCUT2D eigenvalue weighted by atomic mass is 16.1. The van der Waals surface area contributed by atoms with E-state index < -0.39 is 0 Å². The summed E-state index contributed by atoms with van der Waals surface area (Å²) in [4.78, 5) is 15.0. The Morgan fingerprint density at radius 2 is 2.05 bits per heavy atom. The molecule has 0 saturated heterocycles. The van der Waals surface area contributed by atoms with Crippen molar-refractivity contribution in [3.05, 3.63) is 36.0 Å². The van der Waals surface area contributed by atoms with Gasteiger partial charge in [0, 0.05) is 49.7 Å². The maximum absolute atomic E-state index is 11.7. The number of amides is 1. The van der Waals surface area contributed by atoms with Gasteiger partial charge in [0.25, 0.3) is 0 Å². The lowest BCUT2D eigenvalue weighted by molar-refractivity contribution is -0.121. The maximum atomic E-state index is 11.7. The molecule has 1 aromatic carbocycles. The normalized spacial score (nSPS) is 10.9. The fourth-order valence-electron chi connectivity index (χ4n) is 2.38. The molecule has 0 atom stereocenters. The molecule has 1 aromatic heterocycles. The van der Waals surface area contributed by atoms with Gasteiger partial charge in [-0.15, -0.1) is 0 Å². The monoisotopic (exact) mass is 288 g/mol. The van der Waals surface area contributed by atoms with E-state index in [1.165, 1.54) is 10.9 Å². The molecule has 1 heterocycles. The van der Waals surface area contributed by atoms with Gasteiger partial charge < -0.3 is 21.4 Å². The van der Waals surface area contributed by atoms with E-state index in [4.69, 9.17) is 5.73 Å². The summed E-state index contributed by atoms with van der Waals surface area (Å²) in [6.07, 6.45) is 4.39. The quantitative estimate of drug-likeness (QED) is 0.522. The average Bonchev–Trinajstić information content (AvgIpc) is 2.91. The van der Waals surface area contributed by atoms with Gasteiger partial charge >= 0.3 is 0 Å². The topological polar surface area (TPSA) is 82.9 Å². The number of nitrogens with two attached hydrogens (primary N) is 1. The van der Waals surface area contributed by atoms with Crippen molar-refractivity contribution in [1.82, 2.24) is 15.6 Å². The van der Waals surface area contributed by atoms with Crippen LogP contribution < -0.4 is 16.4 Å². The predicted molar refractivity (Wildman–Crippen MR) is 86.2 cm³/mol. The van der Waals surface area contributed by atoms with Crippen molar-refractivity contribution < 1.29 is 4.79 Å². The summed E-state index contributed by atoms with van der Waals surface area (Å²) >= 11 is 0. The van der Waals surface area contributed by atoms with Crippen molar-refractivity contribution in [1.29, 1.82) is 0 Å². The first-order chi connectivity index (χ1) is 10.3. The molecule has 0 radical (unpaired) electrons. The first kappa shape index (κ1) is 15.5. The van der Waals surface area contributed by atoms with Crippen molar-refractivity contribution >= 4 is 16.8 Å². The number of nitrogens with one attached hydrogen (secondary N) is 3. The number of carbonyl (C=O) groups is 1. The smallest absolute Gasteiger partial charge is 0.220 e. The van der Waals surface area contributed by atoms with Crippen molar-refractivity contribution in [3.63, 3.8) is 0 Å². The van der Waals surface area contributed by atoms with Crippen LogP contribution in [0.3, 0.4) is 0 Å². The Labute approximate surface area is 125 Å². The summed E-state index contributed by atoms with van der Waals surface area (Å²) in [6, 6.07) is 8.25. The van der Waals surface area contributed by atoms with Gasteiger partial charge in [0.2, 0.25) is 5.91 Å². The number of fused-ring (bicyclic) bond motifs is 1. The molecule has 5 heteroatoms. The van der Waals surface area contributed by atoms with Gasteiger partial charge in [-0.2, -0.15) is 0 Å². The third kappa shape index (κ3) is 4.88. The standard InChI is InChI=1S/C16H24N4O/c17-8-9-18-10-11-19-16(21)7-3-4-13-12-20-15-6-2-1-5-14(13)15/h1-2,5-6,12,18,20H,3-4,7-11,17H2,(H,19,21).